The Bertz CT molecular complexity index is 242. The van der Waals surface area contributed by atoms with Crippen molar-refractivity contribution in [3.05, 3.63) is 0 Å². The molecule has 0 spiro atoms. The zero-order valence-electron chi connectivity index (χ0n) is 11.2. The van der Waals surface area contributed by atoms with Crippen molar-refractivity contribution in [3.8, 4) is 0 Å². The summed E-state index contributed by atoms with van der Waals surface area (Å²) >= 11 is 0. The van der Waals surface area contributed by atoms with E-state index >= 15 is 0 Å². The minimum absolute atomic E-state index is 0.0464. The molecule has 1 rings (SSSR count). The summed E-state index contributed by atoms with van der Waals surface area (Å²) in [7, 11) is 0. The van der Waals surface area contributed by atoms with Crippen LogP contribution in [0.25, 0.3) is 0 Å². The van der Waals surface area contributed by atoms with Gasteiger partial charge in [0.2, 0.25) is 5.91 Å². The minimum atomic E-state index is 0.0464. The Hall–Kier alpha value is -0.610. The lowest BCUT2D eigenvalue weighted by molar-refractivity contribution is -0.134. The predicted molar refractivity (Wildman–Crippen MR) is 68.8 cm³/mol. The smallest absolute Gasteiger partial charge is 0.236 e. The number of piperazine rings is 1. The SMILES string of the molecule is CC1(C)CN(CCCCCCCO)C(=O)CN1. The van der Waals surface area contributed by atoms with E-state index in [1.807, 2.05) is 4.90 Å². The van der Waals surface area contributed by atoms with Crippen molar-refractivity contribution in [2.75, 3.05) is 26.2 Å². The van der Waals surface area contributed by atoms with Gasteiger partial charge in [0.05, 0.1) is 6.54 Å². The fourth-order valence-corrected chi connectivity index (χ4v) is 2.20. The number of nitrogens with zero attached hydrogens (tertiary/aromatic N) is 1. The first kappa shape index (κ1) is 14.5. The summed E-state index contributed by atoms with van der Waals surface area (Å²) in [5, 5.41) is 11.9. The zero-order chi connectivity index (χ0) is 12.7. The summed E-state index contributed by atoms with van der Waals surface area (Å²) < 4.78 is 0. The molecule has 1 fully saturated rings. The van der Waals surface area contributed by atoms with E-state index in [1.165, 1.54) is 0 Å². The molecule has 1 amide bonds. The molecule has 0 atom stereocenters. The minimum Gasteiger partial charge on any atom is -0.396 e. The maximum atomic E-state index is 11.7. The number of hydrogen-bond acceptors (Lipinski definition) is 3. The summed E-state index contributed by atoms with van der Waals surface area (Å²) in [6.07, 6.45) is 5.38. The van der Waals surface area contributed by atoms with Gasteiger partial charge in [0, 0.05) is 25.2 Å². The van der Waals surface area contributed by atoms with Gasteiger partial charge >= 0.3 is 0 Å². The van der Waals surface area contributed by atoms with Crippen LogP contribution in [0.4, 0.5) is 0 Å². The van der Waals surface area contributed by atoms with Crippen molar-refractivity contribution < 1.29 is 9.90 Å². The number of amides is 1. The van der Waals surface area contributed by atoms with E-state index in [0.29, 0.717) is 13.2 Å². The molecular formula is C13H26N2O2. The quantitative estimate of drug-likeness (QED) is 0.658. The molecule has 0 aromatic heterocycles. The second kappa shape index (κ2) is 6.97. The lowest BCUT2D eigenvalue weighted by Gasteiger charge is -2.38. The van der Waals surface area contributed by atoms with Crippen LogP contribution < -0.4 is 5.32 Å². The Balaban J connectivity index is 2.14. The summed E-state index contributed by atoms with van der Waals surface area (Å²) in [6, 6.07) is 0. The third kappa shape index (κ3) is 5.50. The number of carbonyl (C=O) groups is 1. The average molecular weight is 242 g/mol. The van der Waals surface area contributed by atoms with Crippen LogP contribution in [0.3, 0.4) is 0 Å². The summed E-state index contributed by atoms with van der Waals surface area (Å²) in [5.41, 5.74) is 0.0464. The number of aliphatic hydroxyl groups is 1. The molecule has 100 valence electrons. The fourth-order valence-electron chi connectivity index (χ4n) is 2.20. The fraction of sp³-hybridized carbons (Fsp3) is 0.923. The van der Waals surface area contributed by atoms with Gasteiger partial charge in [0.15, 0.2) is 0 Å². The third-order valence-corrected chi connectivity index (χ3v) is 3.24. The Morgan fingerprint density at radius 2 is 1.88 bits per heavy atom. The highest BCUT2D eigenvalue weighted by Gasteiger charge is 2.29. The van der Waals surface area contributed by atoms with Crippen molar-refractivity contribution in [2.24, 2.45) is 0 Å². The molecule has 1 heterocycles. The van der Waals surface area contributed by atoms with Crippen LogP contribution in [0, 0.1) is 0 Å². The van der Waals surface area contributed by atoms with E-state index in [1.54, 1.807) is 0 Å². The molecule has 1 aliphatic heterocycles. The van der Waals surface area contributed by atoms with Crippen molar-refractivity contribution >= 4 is 5.91 Å². The predicted octanol–water partition coefficient (Wildman–Crippen LogP) is 1.14. The van der Waals surface area contributed by atoms with Gasteiger partial charge in [-0.2, -0.15) is 0 Å². The number of unbranched alkanes of at least 4 members (excludes halogenated alkanes) is 4. The first-order valence-electron chi connectivity index (χ1n) is 6.69. The molecule has 4 nitrogen and oxygen atoms in total. The zero-order valence-corrected chi connectivity index (χ0v) is 11.2. The Kier molecular flexibility index (Phi) is 5.92. The van der Waals surface area contributed by atoms with Crippen LogP contribution >= 0.6 is 0 Å². The molecular weight excluding hydrogens is 216 g/mol. The largest absolute Gasteiger partial charge is 0.396 e. The van der Waals surface area contributed by atoms with Crippen LogP contribution in [0.5, 0.6) is 0 Å². The highest BCUT2D eigenvalue weighted by molar-refractivity contribution is 5.79. The van der Waals surface area contributed by atoms with Crippen LogP contribution in [0.15, 0.2) is 0 Å². The van der Waals surface area contributed by atoms with E-state index in [2.05, 4.69) is 19.2 Å². The molecule has 4 heteroatoms. The molecule has 0 unspecified atom stereocenters. The Morgan fingerprint density at radius 1 is 1.24 bits per heavy atom. The van der Waals surface area contributed by atoms with Crippen LogP contribution in [-0.4, -0.2) is 47.7 Å². The molecule has 1 saturated heterocycles. The molecule has 0 aliphatic carbocycles. The molecule has 0 aromatic rings. The van der Waals surface area contributed by atoms with Gasteiger partial charge in [-0.15, -0.1) is 0 Å². The Labute approximate surface area is 104 Å². The van der Waals surface area contributed by atoms with Crippen LogP contribution in [0.2, 0.25) is 0 Å². The average Bonchev–Trinajstić information content (AvgIpc) is 2.28. The third-order valence-electron chi connectivity index (χ3n) is 3.24. The van der Waals surface area contributed by atoms with Gasteiger partial charge in [-0.3, -0.25) is 4.79 Å². The molecule has 1 aliphatic rings. The summed E-state index contributed by atoms with van der Waals surface area (Å²) in [4.78, 5) is 13.7. The van der Waals surface area contributed by atoms with Gasteiger partial charge in [0.25, 0.3) is 0 Å². The Morgan fingerprint density at radius 3 is 2.59 bits per heavy atom. The number of rotatable bonds is 7. The normalized spacial score (nSPS) is 19.7. The highest BCUT2D eigenvalue weighted by atomic mass is 16.2. The number of aliphatic hydroxyl groups excluding tert-OH is 1. The monoisotopic (exact) mass is 242 g/mol. The first-order chi connectivity index (χ1) is 8.05. The molecule has 2 N–H and O–H groups in total. The van der Waals surface area contributed by atoms with Gasteiger partial charge in [-0.25, -0.2) is 0 Å². The first-order valence-corrected chi connectivity index (χ1v) is 6.69. The molecule has 0 bridgehead atoms. The standard InChI is InChI=1S/C13H26N2O2/c1-13(2)11-15(12(17)10-14-13)8-6-4-3-5-7-9-16/h14,16H,3-11H2,1-2H3. The maximum absolute atomic E-state index is 11.7. The van der Waals surface area contributed by atoms with Gasteiger partial charge in [-0.1, -0.05) is 19.3 Å². The molecule has 0 saturated carbocycles. The van der Waals surface area contributed by atoms with Crippen LogP contribution in [-0.2, 0) is 4.79 Å². The lowest BCUT2D eigenvalue weighted by Crippen LogP contribution is -2.59. The maximum Gasteiger partial charge on any atom is 0.236 e. The van der Waals surface area contributed by atoms with E-state index < -0.39 is 0 Å². The van der Waals surface area contributed by atoms with Gasteiger partial charge in [0.1, 0.15) is 0 Å². The highest BCUT2D eigenvalue weighted by Crippen LogP contribution is 2.12. The van der Waals surface area contributed by atoms with Crippen molar-refractivity contribution in [2.45, 2.75) is 51.5 Å². The van der Waals surface area contributed by atoms with E-state index in [-0.39, 0.29) is 11.4 Å². The number of hydrogen-bond donors (Lipinski definition) is 2. The van der Waals surface area contributed by atoms with Crippen LogP contribution in [0.1, 0.15) is 46.0 Å². The van der Waals surface area contributed by atoms with E-state index in [9.17, 15) is 4.79 Å². The molecule has 0 radical (unpaired) electrons. The topological polar surface area (TPSA) is 52.6 Å². The number of nitrogens with one attached hydrogen (secondary N) is 1. The van der Waals surface area contributed by atoms with Gasteiger partial charge < -0.3 is 15.3 Å². The van der Waals surface area contributed by atoms with Gasteiger partial charge in [-0.05, 0) is 26.7 Å². The molecule has 17 heavy (non-hydrogen) atoms. The molecule has 0 aromatic carbocycles. The second-order valence-electron chi connectivity index (χ2n) is 5.54. The number of carbonyl (C=O) groups excluding carboxylic acids is 1. The summed E-state index contributed by atoms with van der Waals surface area (Å²) in [5.74, 6) is 0.222. The second-order valence-corrected chi connectivity index (χ2v) is 5.54. The van der Waals surface area contributed by atoms with Crippen molar-refractivity contribution in [1.29, 1.82) is 0 Å². The summed E-state index contributed by atoms with van der Waals surface area (Å²) in [6.45, 7) is 6.72. The van der Waals surface area contributed by atoms with Crippen molar-refractivity contribution in [3.63, 3.8) is 0 Å². The van der Waals surface area contributed by atoms with Crippen molar-refractivity contribution in [1.82, 2.24) is 10.2 Å². The lowest BCUT2D eigenvalue weighted by atomic mass is 10.0. The van der Waals surface area contributed by atoms with E-state index in [0.717, 1.165) is 45.2 Å². The van der Waals surface area contributed by atoms with E-state index in [4.69, 9.17) is 5.11 Å².